The van der Waals surface area contributed by atoms with Crippen LogP contribution in [0.1, 0.15) is 33.3 Å². The van der Waals surface area contributed by atoms with E-state index < -0.39 is 12.3 Å². The lowest BCUT2D eigenvalue weighted by Gasteiger charge is -2.36. The molecular formula is C15H23Cl3NO2P. The van der Waals surface area contributed by atoms with Gasteiger partial charge in [0, 0.05) is 12.1 Å². The third-order valence-corrected chi connectivity index (χ3v) is 5.10. The molecule has 7 heteroatoms. The van der Waals surface area contributed by atoms with Gasteiger partial charge in [-0.2, -0.15) is 0 Å². The van der Waals surface area contributed by atoms with Crippen LogP contribution in [0.4, 0.5) is 0 Å². The molecule has 0 aromatic heterocycles. The van der Waals surface area contributed by atoms with Crippen molar-refractivity contribution in [3.8, 4) is 0 Å². The summed E-state index contributed by atoms with van der Waals surface area (Å²) in [7, 11) is -1.31. The smallest absolute Gasteiger partial charge is 0.259 e. The van der Waals surface area contributed by atoms with Crippen LogP contribution < -0.4 is 0 Å². The Morgan fingerprint density at radius 1 is 1.00 bits per heavy atom. The zero-order chi connectivity index (χ0) is 16.8. The Kier molecular flexibility index (Phi) is 8.96. The van der Waals surface area contributed by atoms with Crippen LogP contribution in [0.15, 0.2) is 30.3 Å². The number of hydrogen-bond donors (Lipinski definition) is 0. The van der Waals surface area contributed by atoms with Crippen LogP contribution in [0, 0.1) is 0 Å². The number of halogens is 3. The number of benzene rings is 1. The molecule has 1 aromatic carbocycles. The van der Waals surface area contributed by atoms with Crippen LogP contribution >= 0.6 is 43.3 Å². The predicted octanol–water partition coefficient (Wildman–Crippen LogP) is 5.94. The van der Waals surface area contributed by atoms with E-state index in [2.05, 4.69) is 32.4 Å². The molecule has 0 amide bonds. The molecule has 3 nitrogen and oxygen atoms in total. The summed E-state index contributed by atoms with van der Waals surface area (Å²) in [5, 5.41) is 0. The monoisotopic (exact) mass is 385 g/mol. The van der Waals surface area contributed by atoms with Crippen LogP contribution in [0.3, 0.4) is 0 Å². The van der Waals surface area contributed by atoms with Gasteiger partial charge in [0.2, 0.25) is 3.79 Å². The summed E-state index contributed by atoms with van der Waals surface area (Å²) in [4.78, 5) is 0. The average Bonchev–Trinajstić information content (AvgIpc) is 2.41. The Hall–Kier alpha value is 0.400. The largest absolute Gasteiger partial charge is 0.317 e. The molecule has 0 radical (unpaired) electrons. The fourth-order valence-corrected chi connectivity index (χ4v) is 4.03. The van der Waals surface area contributed by atoms with E-state index in [1.165, 1.54) is 0 Å². The highest BCUT2D eigenvalue weighted by atomic mass is 35.6. The summed E-state index contributed by atoms with van der Waals surface area (Å²) < 4.78 is 12.5. The zero-order valence-electron chi connectivity index (χ0n) is 13.3. The molecule has 22 heavy (non-hydrogen) atoms. The summed E-state index contributed by atoms with van der Waals surface area (Å²) in [6.45, 7) is 8.84. The molecule has 0 heterocycles. The van der Waals surface area contributed by atoms with Crippen LogP contribution in [-0.2, 0) is 15.7 Å². The lowest BCUT2D eigenvalue weighted by atomic mass is 10.2. The normalized spacial score (nSPS) is 14.1. The van der Waals surface area contributed by atoms with Crippen molar-refractivity contribution in [1.82, 2.24) is 4.67 Å². The van der Waals surface area contributed by atoms with Crippen molar-refractivity contribution in [3.63, 3.8) is 0 Å². The predicted molar refractivity (Wildman–Crippen MR) is 96.5 cm³/mol. The van der Waals surface area contributed by atoms with Crippen LogP contribution in [-0.4, -0.2) is 27.2 Å². The van der Waals surface area contributed by atoms with Gasteiger partial charge in [-0.05, 0) is 33.3 Å². The van der Waals surface area contributed by atoms with Gasteiger partial charge < -0.3 is 9.05 Å². The molecule has 126 valence electrons. The Balaban J connectivity index is 2.76. The van der Waals surface area contributed by atoms with Crippen LogP contribution in [0.2, 0.25) is 0 Å². The molecule has 0 saturated heterocycles. The summed E-state index contributed by atoms with van der Waals surface area (Å²) in [6, 6.07) is 10.5. The molecule has 0 fully saturated rings. The van der Waals surface area contributed by atoms with Gasteiger partial charge in [-0.1, -0.05) is 65.1 Å². The van der Waals surface area contributed by atoms with Crippen molar-refractivity contribution in [1.29, 1.82) is 0 Å². The highest BCUT2D eigenvalue weighted by Gasteiger charge is 2.30. The second-order valence-electron chi connectivity index (χ2n) is 5.45. The van der Waals surface area contributed by atoms with E-state index in [9.17, 15) is 0 Å². The first-order valence-electron chi connectivity index (χ1n) is 7.15. The number of rotatable bonds is 8. The molecule has 0 spiro atoms. The van der Waals surface area contributed by atoms with Gasteiger partial charge in [-0.25, -0.2) is 4.67 Å². The molecule has 1 aromatic rings. The van der Waals surface area contributed by atoms with Gasteiger partial charge in [0.1, 0.15) is 6.61 Å². The van der Waals surface area contributed by atoms with Crippen molar-refractivity contribution in [2.24, 2.45) is 0 Å². The first kappa shape index (κ1) is 20.4. The molecule has 0 aliphatic rings. The van der Waals surface area contributed by atoms with Crippen molar-refractivity contribution in [2.45, 2.75) is 50.2 Å². The minimum atomic E-state index is -1.45. The first-order valence-corrected chi connectivity index (χ1v) is 9.42. The van der Waals surface area contributed by atoms with Crippen molar-refractivity contribution < 1.29 is 9.05 Å². The Bertz CT molecular complexity index is 419. The molecule has 1 atom stereocenters. The second kappa shape index (κ2) is 9.64. The van der Waals surface area contributed by atoms with Crippen molar-refractivity contribution in [3.05, 3.63) is 35.9 Å². The molecule has 0 saturated carbocycles. The fraction of sp³-hybridized carbons (Fsp3) is 0.600. The van der Waals surface area contributed by atoms with E-state index >= 15 is 0 Å². The summed E-state index contributed by atoms with van der Waals surface area (Å²) in [5.41, 5.74) is 1.08. The number of nitrogens with zero attached hydrogens (tertiary/aromatic N) is 1. The van der Waals surface area contributed by atoms with Crippen molar-refractivity contribution >= 4 is 43.3 Å². The summed E-state index contributed by atoms with van der Waals surface area (Å²) in [6.07, 6.45) is 0. The maximum absolute atomic E-state index is 6.00. The van der Waals surface area contributed by atoms with Gasteiger partial charge in [0.05, 0.1) is 6.61 Å². The van der Waals surface area contributed by atoms with E-state index in [0.717, 1.165) is 5.56 Å². The van der Waals surface area contributed by atoms with E-state index in [0.29, 0.717) is 6.61 Å². The van der Waals surface area contributed by atoms with Gasteiger partial charge in [-0.15, -0.1) is 0 Å². The van der Waals surface area contributed by atoms with Gasteiger partial charge >= 0.3 is 0 Å². The summed E-state index contributed by atoms with van der Waals surface area (Å²) >= 11 is 17.4. The van der Waals surface area contributed by atoms with E-state index in [1.807, 2.05) is 30.3 Å². The van der Waals surface area contributed by atoms with E-state index in [-0.39, 0.29) is 18.7 Å². The third-order valence-electron chi connectivity index (χ3n) is 2.77. The second-order valence-corrected chi connectivity index (χ2v) is 9.42. The standard InChI is InChI=1S/C15H23Cl3NO2P/c1-12(2)19(13(3)4)22(21-11-15(16,17)18)20-10-14-8-6-5-7-9-14/h5-9,12-13H,10-11H2,1-4H3. The molecule has 1 unspecified atom stereocenters. The quantitative estimate of drug-likeness (QED) is 0.408. The zero-order valence-corrected chi connectivity index (χ0v) is 16.5. The van der Waals surface area contributed by atoms with Crippen LogP contribution in [0.25, 0.3) is 0 Å². The van der Waals surface area contributed by atoms with E-state index in [1.54, 1.807) is 0 Å². The molecule has 0 aliphatic carbocycles. The minimum Gasteiger partial charge on any atom is -0.317 e. The first-order chi connectivity index (χ1) is 10.2. The number of hydrogen-bond acceptors (Lipinski definition) is 3. The van der Waals surface area contributed by atoms with Crippen LogP contribution in [0.5, 0.6) is 0 Å². The Morgan fingerprint density at radius 2 is 1.55 bits per heavy atom. The van der Waals surface area contributed by atoms with Gasteiger partial charge in [-0.3, -0.25) is 0 Å². The third kappa shape index (κ3) is 7.79. The molecule has 0 bridgehead atoms. The summed E-state index contributed by atoms with van der Waals surface area (Å²) in [5.74, 6) is 0. The Labute approximate surface area is 149 Å². The topological polar surface area (TPSA) is 21.7 Å². The number of alkyl halides is 3. The van der Waals surface area contributed by atoms with E-state index in [4.69, 9.17) is 43.9 Å². The molecular weight excluding hydrogens is 364 g/mol. The SMILES string of the molecule is CC(C)N(C(C)C)P(OCc1ccccc1)OCC(Cl)(Cl)Cl. The maximum atomic E-state index is 6.00. The van der Waals surface area contributed by atoms with Crippen molar-refractivity contribution in [2.75, 3.05) is 6.61 Å². The minimum absolute atomic E-state index is 0.00585. The van der Waals surface area contributed by atoms with Gasteiger partial charge in [0.25, 0.3) is 8.53 Å². The molecule has 0 N–H and O–H groups in total. The highest BCUT2D eigenvalue weighted by molar-refractivity contribution is 7.44. The lowest BCUT2D eigenvalue weighted by Crippen LogP contribution is -2.34. The lowest BCUT2D eigenvalue weighted by molar-refractivity contribution is 0.171. The fourth-order valence-electron chi connectivity index (χ4n) is 1.98. The maximum Gasteiger partial charge on any atom is 0.259 e. The Morgan fingerprint density at radius 3 is 2.00 bits per heavy atom. The molecule has 0 aliphatic heterocycles. The average molecular weight is 387 g/mol. The van der Waals surface area contributed by atoms with Gasteiger partial charge in [0.15, 0.2) is 0 Å². The molecule has 1 rings (SSSR count). The highest BCUT2D eigenvalue weighted by Crippen LogP contribution is 2.48.